The van der Waals surface area contributed by atoms with Crippen molar-refractivity contribution < 1.29 is 47.9 Å². The number of hydrogen-bond acceptors (Lipinski definition) is 13. The van der Waals surface area contributed by atoms with Gasteiger partial charge in [-0.1, -0.05) is 18.2 Å². The van der Waals surface area contributed by atoms with Crippen LogP contribution in [-0.4, -0.2) is 147 Å². The van der Waals surface area contributed by atoms with Gasteiger partial charge >= 0.3 is 0 Å². The van der Waals surface area contributed by atoms with Gasteiger partial charge in [0.25, 0.3) is 47.3 Å². The molecule has 1 aromatic carbocycles. The summed E-state index contributed by atoms with van der Waals surface area (Å²) in [4.78, 5) is 139. The molecule has 0 aliphatic heterocycles. The zero-order chi connectivity index (χ0) is 65.1. The third-order valence-corrected chi connectivity index (χ3v) is 14.2. The van der Waals surface area contributed by atoms with Crippen molar-refractivity contribution in [2.75, 3.05) is 77.5 Å². The van der Waals surface area contributed by atoms with Crippen LogP contribution in [0, 0.1) is 0 Å². The Hall–Kier alpha value is -11.3. The molecule has 0 bridgehead atoms. The van der Waals surface area contributed by atoms with Crippen molar-refractivity contribution in [3.63, 3.8) is 0 Å². The zero-order valence-corrected chi connectivity index (χ0v) is 51.1. The van der Waals surface area contributed by atoms with E-state index < -0.39 is 59.2 Å². The predicted octanol–water partition coefficient (Wildman–Crippen LogP) is 3.24. The van der Waals surface area contributed by atoms with Crippen molar-refractivity contribution in [2.45, 2.75) is 25.3 Å². The number of amides is 10. The second kappa shape index (κ2) is 28.5. The highest BCUT2D eigenvalue weighted by Crippen LogP contribution is 2.25. The number of aryl methyl sites for hydroxylation is 7. The number of hydrogen-bond donors (Lipinski definition) is 11. The first-order chi connectivity index (χ1) is 42.8. The summed E-state index contributed by atoms with van der Waals surface area (Å²) in [5.41, 5.74) is 9.27. The molecule has 0 saturated carbocycles. The van der Waals surface area contributed by atoms with Gasteiger partial charge in [0.1, 0.15) is 34.2 Å². The number of nitrogens with zero attached hydrogens (tertiary/aromatic N) is 9. The van der Waals surface area contributed by atoms with Gasteiger partial charge in [-0.3, -0.25) is 47.9 Å². The molecule has 472 valence electrons. The van der Waals surface area contributed by atoms with Crippen LogP contribution in [0.4, 0.5) is 39.9 Å². The highest BCUT2D eigenvalue weighted by atomic mass is 16.2. The Morgan fingerprint density at radius 2 is 0.911 bits per heavy atom. The number of anilines is 7. The SMILES string of the molecule is CN(C)CCCNC(=O)CCNC(=O)c1cc(NC(=O)c2cc(NC(=O)c3cc(NC(=O)c4nc(NC(=O)[C@H](N)CCNC(=O)c5cc(NC(=O)c6c(NC(=O)c7c(NC(=O)c8ccccc8)ccn7C)ccn6C)cn5C)cn4C)cn3C)cn2C)cn1C. The molecular weight excluding hydrogens is 1160 g/mol. The van der Waals surface area contributed by atoms with Crippen LogP contribution in [0.25, 0.3) is 0 Å². The first-order valence-electron chi connectivity index (χ1n) is 28.3. The molecule has 0 spiro atoms. The van der Waals surface area contributed by atoms with E-state index >= 15 is 0 Å². The lowest BCUT2D eigenvalue weighted by Crippen LogP contribution is -2.39. The average Bonchev–Trinajstić information content (AvgIpc) is 2.71. The van der Waals surface area contributed by atoms with Crippen LogP contribution in [0.1, 0.15) is 103 Å². The summed E-state index contributed by atoms with van der Waals surface area (Å²) in [5, 5.41) is 27.4. The quantitative estimate of drug-likeness (QED) is 0.0348. The molecule has 30 heteroatoms. The smallest absolute Gasteiger partial charge is 0.291 e. The van der Waals surface area contributed by atoms with Gasteiger partial charge in [0.2, 0.25) is 17.6 Å². The summed E-state index contributed by atoms with van der Waals surface area (Å²) in [6.45, 7) is 1.49. The average molecular weight is 1230 g/mol. The number of rotatable bonds is 26. The van der Waals surface area contributed by atoms with Crippen molar-refractivity contribution in [3.05, 3.63) is 156 Å². The van der Waals surface area contributed by atoms with Gasteiger partial charge < -0.3 is 95.8 Å². The van der Waals surface area contributed by atoms with Crippen LogP contribution < -0.4 is 58.9 Å². The molecule has 8 aromatic rings. The lowest BCUT2D eigenvalue weighted by Gasteiger charge is -2.12. The minimum absolute atomic E-state index is 0.00331. The summed E-state index contributed by atoms with van der Waals surface area (Å²) < 4.78 is 10.5. The van der Waals surface area contributed by atoms with Gasteiger partial charge in [-0.15, -0.1) is 0 Å². The van der Waals surface area contributed by atoms with Crippen molar-refractivity contribution in [3.8, 4) is 0 Å². The molecule has 0 saturated heterocycles. The Kier molecular flexibility index (Phi) is 20.5. The first-order valence-corrected chi connectivity index (χ1v) is 28.3. The molecule has 0 aliphatic rings. The molecule has 0 aliphatic carbocycles. The Bertz CT molecular complexity index is 4040. The van der Waals surface area contributed by atoms with Gasteiger partial charge in [-0.25, -0.2) is 4.98 Å². The minimum Gasteiger partial charge on any atom is -0.356 e. The molecule has 7 aromatic heterocycles. The molecule has 0 radical (unpaired) electrons. The minimum atomic E-state index is -1.12. The Morgan fingerprint density at radius 1 is 0.467 bits per heavy atom. The number of nitrogens with two attached hydrogens (primary N) is 1. The lowest BCUT2D eigenvalue weighted by atomic mass is 10.2. The number of aromatic nitrogens is 8. The standard InChI is InChI=1S/C60H72N20O10/c1-73(2)23-13-20-62-48(81)17-22-64-55(85)43-26-36(30-76(43)5)65-56(86)45-28-37(31-78(45)7)66-57(87)46-29-39(33-79(46)8)68-60(90)51-71-47(34-80(51)9)72-53(83)40(61)16-21-63-54(84)44-27-38(32-77(44)6)67-58(88)49-42(19-25-74(49)3)70-59(89)50-41(18-24-75(50)4)69-52(82)35-14-11-10-12-15-35/h10-12,14-15,18-19,24-34,40H,13,16-17,20-23,61H2,1-9H3,(H,62,81)(H,63,84)(H,64,85)(H,65,86)(H,66,87)(H,67,88)(H,68,90)(H,69,82)(H,70,89)(H,72,83)/t40-/m1/s1. The van der Waals surface area contributed by atoms with E-state index in [1.165, 1.54) is 65.7 Å². The van der Waals surface area contributed by atoms with Crippen LogP contribution in [0.3, 0.4) is 0 Å². The van der Waals surface area contributed by atoms with E-state index in [1.54, 1.807) is 126 Å². The monoisotopic (exact) mass is 1230 g/mol. The number of nitrogens with one attached hydrogen (secondary N) is 10. The van der Waals surface area contributed by atoms with Gasteiger partial charge in [0.15, 0.2) is 5.82 Å². The summed E-state index contributed by atoms with van der Waals surface area (Å²) in [5.74, 6) is -5.15. The Morgan fingerprint density at radius 3 is 1.41 bits per heavy atom. The van der Waals surface area contributed by atoms with Crippen molar-refractivity contribution in [2.24, 2.45) is 55.1 Å². The van der Waals surface area contributed by atoms with Crippen molar-refractivity contribution in [1.29, 1.82) is 0 Å². The third-order valence-electron chi connectivity index (χ3n) is 14.2. The van der Waals surface area contributed by atoms with Crippen LogP contribution >= 0.6 is 0 Å². The Labute approximate surface area is 516 Å². The highest BCUT2D eigenvalue weighted by molar-refractivity contribution is 6.15. The second-order valence-corrected chi connectivity index (χ2v) is 21.6. The fraction of sp³-hybridized carbons (Fsp3) is 0.283. The van der Waals surface area contributed by atoms with Crippen LogP contribution in [0.15, 0.2) is 110 Å². The normalized spacial score (nSPS) is 11.4. The summed E-state index contributed by atoms with van der Waals surface area (Å²) in [6.07, 6.45) is 11.7. The largest absolute Gasteiger partial charge is 0.356 e. The van der Waals surface area contributed by atoms with Crippen molar-refractivity contribution >= 4 is 99.0 Å². The van der Waals surface area contributed by atoms with E-state index in [-0.39, 0.29) is 100 Å². The van der Waals surface area contributed by atoms with Gasteiger partial charge in [-0.2, -0.15) is 0 Å². The van der Waals surface area contributed by atoms with Gasteiger partial charge in [0, 0.05) is 124 Å². The summed E-state index contributed by atoms with van der Waals surface area (Å²) in [6, 6.07) is 16.5. The van der Waals surface area contributed by atoms with E-state index in [0.29, 0.717) is 23.5 Å². The van der Waals surface area contributed by atoms with Crippen molar-refractivity contribution in [1.82, 2.24) is 57.8 Å². The number of carbonyl (C=O) groups is 10. The van der Waals surface area contributed by atoms with E-state index in [2.05, 4.69) is 58.2 Å². The molecule has 10 amide bonds. The van der Waals surface area contributed by atoms with Crippen LogP contribution in [0.2, 0.25) is 0 Å². The van der Waals surface area contributed by atoms with E-state index in [0.717, 1.165) is 13.0 Å². The molecule has 0 unspecified atom stereocenters. The molecular formula is C60H72N20O10. The molecule has 0 fully saturated rings. The fourth-order valence-corrected chi connectivity index (χ4v) is 9.60. The second-order valence-electron chi connectivity index (χ2n) is 21.6. The maximum absolute atomic E-state index is 13.7. The molecule has 8 rings (SSSR count). The summed E-state index contributed by atoms with van der Waals surface area (Å²) in [7, 11) is 15.2. The third kappa shape index (κ3) is 16.0. The van der Waals surface area contributed by atoms with Crippen LogP contribution in [-0.2, 0) is 58.9 Å². The fourth-order valence-electron chi connectivity index (χ4n) is 9.60. The molecule has 90 heavy (non-hydrogen) atoms. The van der Waals surface area contributed by atoms with E-state index in [9.17, 15) is 47.9 Å². The number of imidazole rings is 1. The number of carbonyl (C=O) groups excluding carboxylic acids is 10. The molecule has 1 atom stereocenters. The molecule has 7 heterocycles. The zero-order valence-electron chi connectivity index (χ0n) is 51.1. The topological polar surface area (TPSA) is 368 Å². The van der Waals surface area contributed by atoms with E-state index in [1.807, 2.05) is 19.0 Å². The molecule has 30 nitrogen and oxygen atoms in total. The number of benzene rings is 1. The van der Waals surface area contributed by atoms with Gasteiger partial charge in [-0.05, 0) is 82.0 Å². The predicted molar refractivity (Wildman–Crippen MR) is 337 cm³/mol. The lowest BCUT2D eigenvalue weighted by molar-refractivity contribution is -0.121. The maximum Gasteiger partial charge on any atom is 0.291 e. The maximum atomic E-state index is 13.7. The highest BCUT2D eigenvalue weighted by Gasteiger charge is 2.26. The first kappa shape index (κ1) is 64.7. The van der Waals surface area contributed by atoms with Crippen LogP contribution in [0.5, 0.6) is 0 Å². The Balaban J connectivity index is 0.772. The van der Waals surface area contributed by atoms with E-state index in [4.69, 9.17) is 5.73 Å². The van der Waals surface area contributed by atoms with Gasteiger partial charge in [0.05, 0.1) is 40.2 Å². The summed E-state index contributed by atoms with van der Waals surface area (Å²) >= 11 is 0. The molecule has 12 N–H and O–H groups in total.